The molecule has 0 aromatic carbocycles. The van der Waals surface area contributed by atoms with Gasteiger partial charge in [-0.15, -0.1) is 0 Å². The van der Waals surface area contributed by atoms with Crippen LogP contribution in [0.3, 0.4) is 0 Å². The van der Waals surface area contributed by atoms with Crippen LogP contribution < -0.4 is 4.90 Å². The Morgan fingerprint density at radius 2 is 1.91 bits per heavy atom. The largest absolute Gasteiger partial charge is 0.469 e. The predicted molar refractivity (Wildman–Crippen MR) is 82.3 cm³/mol. The van der Waals surface area contributed by atoms with E-state index in [1.165, 1.54) is 26.2 Å². The molecule has 0 spiro atoms. The van der Waals surface area contributed by atoms with Gasteiger partial charge in [-0.3, -0.25) is 14.6 Å². The van der Waals surface area contributed by atoms with E-state index in [4.69, 9.17) is 4.74 Å². The van der Waals surface area contributed by atoms with Gasteiger partial charge in [0.2, 0.25) is 5.91 Å². The lowest BCUT2D eigenvalue weighted by Crippen LogP contribution is -2.31. The molecule has 0 N–H and O–H groups in total. The molecular formula is C16H20N2O5. The highest BCUT2D eigenvalue weighted by molar-refractivity contribution is 6.07. The van der Waals surface area contributed by atoms with Crippen molar-refractivity contribution in [2.24, 2.45) is 0 Å². The Morgan fingerprint density at radius 1 is 1.26 bits per heavy atom. The molecule has 1 aromatic heterocycles. The average molecular weight is 320 g/mol. The molecule has 1 aromatic rings. The second kappa shape index (κ2) is 6.76. The molecule has 1 amide bonds. The molecule has 0 saturated heterocycles. The third-order valence-corrected chi connectivity index (χ3v) is 3.75. The van der Waals surface area contributed by atoms with Crippen molar-refractivity contribution in [2.45, 2.75) is 32.1 Å². The number of carbonyl (C=O) groups is 3. The number of aryl methyl sites for hydroxylation is 1. The Balaban J connectivity index is 2.47. The molecule has 1 heterocycles. The van der Waals surface area contributed by atoms with Gasteiger partial charge in [0.1, 0.15) is 6.42 Å². The van der Waals surface area contributed by atoms with Crippen LogP contribution in [0.15, 0.2) is 6.07 Å². The second-order valence-electron chi connectivity index (χ2n) is 5.52. The van der Waals surface area contributed by atoms with Gasteiger partial charge < -0.3 is 14.4 Å². The molecule has 1 saturated carbocycles. The molecule has 1 fully saturated rings. The van der Waals surface area contributed by atoms with E-state index < -0.39 is 24.3 Å². The smallest absolute Gasteiger partial charge is 0.340 e. The molecule has 2 rings (SSSR count). The molecule has 0 atom stereocenters. The van der Waals surface area contributed by atoms with E-state index in [9.17, 15) is 14.4 Å². The topological polar surface area (TPSA) is 85.8 Å². The summed E-state index contributed by atoms with van der Waals surface area (Å²) in [5, 5.41) is 0. The van der Waals surface area contributed by atoms with Crippen LogP contribution in [-0.4, -0.2) is 44.1 Å². The number of esters is 2. The van der Waals surface area contributed by atoms with Crippen LogP contribution in [0.25, 0.3) is 0 Å². The summed E-state index contributed by atoms with van der Waals surface area (Å²) in [6, 6.07) is 1.59. The Kier molecular flexibility index (Phi) is 4.98. The number of ether oxygens (including phenoxy) is 2. The average Bonchev–Trinajstić information content (AvgIpc) is 3.37. The van der Waals surface area contributed by atoms with Crippen molar-refractivity contribution in [1.82, 2.24) is 4.98 Å². The van der Waals surface area contributed by atoms with Gasteiger partial charge in [-0.1, -0.05) is 0 Å². The Morgan fingerprint density at radius 3 is 2.43 bits per heavy atom. The van der Waals surface area contributed by atoms with Crippen molar-refractivity contribution < 1.29 is 23.9 Å². The lowest BCUT2D eigenvalue weighted by atomic mass is 10.1. The zero-order chi connectivity index (χ0) is 17.1. The summed E-state index contributed by atoms with van der Waals surface area (Å²) in [7, 11) is 4.03. The molecule has 7 heteroatoms. The third kappa shape index (κ3) is 3.67. The first-order valence-electron chi connectivity index (χ1n) is 7.32. The zero-order valence-electron chi connectivity index (χ0n) is 13.7. The van der Waals surface area contributed by atoms with E-state index in [-0.39, 0.29) is 11.5 Å². The van der Waals surface area contributed by atoms with E-state index in [0.29, 0.717) is 17.1 Å². The van der Waals surface area contributed by atoms with Gasteiger partial charge in [0.15, 0.2) is 0 Å². The highest BCUT2D eigenvalue weighted by atomic mass is 16.5. The summed E-state index contributed by atoms with van der Waals surface area (Å²) in [6.45, 7) is 1.79. The number of methoxy groups -OCH3 is 2. The highest BCUT2D eigenvalue weighted by Crippen LogP contribution is 2.44. The van der Waals surface area contributed by atoms with Crippen LogP contribution in [0.5, 0.6) is 0 Å². The molecule has 1 aliphatic rings. The SMILES string of the molecule is COC(=O)CC(=O)N(C)c1c(C(=O)OC)cc(C)nc1C1CC1. The number of amides is 1. The molecule has 23 heavy (non-hydrogen) atoms. The number of nitrogens with zero attached hydrogens (tertiary/aromatic N) is 2. The van der Waals surface area contributed by atoms with Gasteiger partial charge in [-0.2, -0.15) is 0 Å². The normalized spacial score (nSPS) is 13.4. The number of hydrogen-bond donors (Lipinski definition) is 0. The zero-order valence-corrected chi connectivity index (χ0v) is 13.7. The van der Waals surface area contributed by atoms with Crippen LogP contribution in [-0.2, 0) is 19.1 Å². The molecule has 0 bridgehead atoms. The minimum atomic E-state index is -0.630. The molecule has 0 aliphatic heterocycles. The first-order chi connectivity index (χ1) is 10.9. The third-order valence-electron chi connectivity index (χ3n) is 3.75. The summed E-state index contributed by atoms with van der Waals surface area (Å²) in [4.78, 5) is 41.5. The standard InChI is InChI=1S/C16H20N2O5/c1-9-7-11(16(21)23-4)15(14(17-9)10-5-6-10)18(2)12(19)8-13(20)22-3/h7,10H,5-6,8H2,1-4H3. The van der Waals surface area contributed by atoms with E-state index in [0.717, 1.165) is 12.8 Å². The quantitative estimate of drug-likeness (QED) is 0.605. The monoisotopic (exact) mass is 320 g/mol. The van der Waals surface area contributed by atoms with Crippen molar-refractivity contribution in [3.63, 3.8) is 0 Å². The molecular weight excluding hydrogens is 300 g/mol. The summed E-state index contributed by atoms with van der Waals surface area (Å²) >= 11 is 0. The molecule has 124 valence electrons. The lowest BCUT2D eigenvalue weighted by molar-refractivity contribution is -0.143. The Hall–Kier alpha value is -2.44. The van der Waals surface area contributed by atoms with Gasteiger partial charge in [0.05, 0.1) is 31.2 Å². The van der Waals surface area contributed by atoms with Crippen LogP contribution >= 0.6 is 0 Å². The number of hydrogen-bond acceptors (Lipinski definition) is 6. The van der Waals surface area contributed by atoms with E-state index in [1.54, 1.807) is 13.0 Å². The minimum absolute atomic E-state index is 0.224. The Labute approximate surface area is 134 Å². The summed E-state index contributed by atoms with van der Waals surface area (Å²) in [6.07, 6.45) is 1.53. The first-order valence-corrected chi connectivity index (χ1v) is 7.32. The van der Waals surface area contributed by atoms with Crippen LogP contribution in [0, 0.1) is 6.92 Å². The van der Waals surface area contributed by atoms with E-state index >= 15 is 0 Å². The van der Waals surface area contributed by atoms with Gasteiger partial charge in [0.25, 0.3) is 0 Å². The van der Waals surface area contributed by atoms with E-state index in [1.807, 2.05) is 0 Å². The van der Waals surface area contributed by atoms with Crippen molar-refractivity contribution in [2.75, 3.05) is 26.2 Å². The van der Waals surface area contributed by atoms with Crippen molar-refractivity contribution in [1.29, 1.82) is 0 Å². The number of carbonyl (C=O) groups excluding carboxylic acids is 3. The van der Waals surface area contributed by atoms with Crippen molar-refractivity contribution in [3.8, 4) is 0 Å². The maximum atomic E-state index is 12.3. The van der Waals surface area contributed by atoms with E-state index in [2.05, 4.69) is 9.72 Å². The fourth-order valence-corrected chi connectivity index (χ4v) is 2.39. The number of aromatic nitrogens is 1. The van der Waals surface area contributed by atoms with Gasteiger partial charge in [0, 0.05) is 18.7 Å². The maximum Gasteiger partial charge on any atom is 0.340 e. The molecule has 7 nitrogen and oxygen atoms in total. The van der Waals surface area contributed by atoms with Gasteiger partial charge >= 0.3 is 11.9 Å². The fraction of sp³-hybridized carbons (Fsp3) is 0.500. The second-order valence-corrected chi connectivity index (χ2v) is 5.52. The van der Waals surface area contributed by atoms with Gasteiger partial charge in [-0.05, 0) is 25.8 Å². The molecule has 1 aliphatic carbocycles. The fourth-order valence-electron chi connectivity index (χ4n) is 2.39. The summed E-state index contributed by atoms with van der Waals surface area (Å²) < 4.78 is 9.34. The number of rotatable bonds is 5. The van der Waals surface area contributed by atoms with Crippen LogP contribution in [0.4, 0.5) is 5.69 Å². The van der Waals surface area contributed by atoms with Gasteiger partial charge in [-0.25, -0.2) is 4.79 Å². The number of pyridine rings is 1. The molecule has 0 unspecified atom stereocenters. The number of anilines is 1. The maximum absolute atomic E-state index is 12.3. The summed E-state index contributed by atoms with van der Waals surface area (Å²) in [5.74, 6) is -1.41. The highest BCUT2D eigenvalue weighted by Gasteiger charge is 2.34. The molecule has 0 radical (unpaired) electrons. The minimum Gasteiger partial charge on any atom is -0.469 e. The Bertz CT molecular complexity index is 652. The van der Waals surface area contributed by atoms with Crippen LogP contribution in [0.1, 0.15) is 46.9 Å². The first kappa shape index (κ1) is 16.9. The lowest BCUT2D eigenvalue weighted by Gasteiger charge is -2.23. The predicted octanol–water partition coefficient (Wildman–Crippen LogP) is 1.58. The van der Waals surface area contributed by atoms with Crippen molar-refractivity contribution >= 4 is 23.5 Å². The van der Waals surface area contributed by atoms with Crippen molar-refractivity contribution in [3.05, 3.63) is 23.0 Å². The van der Waals surface area contributed by atoms with Crippen LogP contribution in [0.2, 0.25) is 0 Å². The summed E-state index contributed by atoms with van der Waals surface area (Å²) in [5.41, 5.74) is 2.08.